The molecule has 1 aromatic carbocycles. The maximum absolute atomic E-state index is 12.8. The van der Waals surface area contributed by atoms with Crippen LogP contribution in [-0.4, -0.2) is 52.3 Å². The zero-order valence-corrected chi connectivity index (χ0v) is 12.5. The second-order valence-electron chi connectivity index (χ2n) is 5.58. The Hall–Kier alpha value is -2.34. The van der Waals surface area contributed by atoms with Gasteiger partial charge in [0.15, 0.2) is 0 Å². The molecule has 1 aliphatic heterocycles. The number of benzene rings is 1. The number of rotatable bonds is 3. The van der Waals surface area contributed by atoms with E-state index in [9.17, 15) is 14.7 Å². The summed E-state index contributed by atoms with van der Waals surface area (Å²) < 4.78 is 7.12. The molecule has 0 radical (unpaired) electrons. The number of carbonyl (C=O) groups excluding carboxylic acids is 1. The van der Waals surface area contributed by atoms with Crippen LogP contribution < -0.4 is 0 Å². The molecule has 1 fully saturated rings. The van der Waals surface area contributed by atoms with Crippen molar-refractivity contribution in [3.63, 3.8) is 0 Å². The summed E-state index contributed by atoms with van der Waals surface area (Å²) in [6.07, 6.45) is 1.84. The lowest BCUT2D eigenvalue weighted by Gasteiger charge is -2.20. The number of hydrogen-bond donors (Lipinski definition) is 1. The average Bonchev–Trinajstić information content (AvgIpc) is 3.09. The molecule has 1 amide bonds. The summed E-state index contributed by atoms with van der Waals surface area (Å²) >= 11 is 0. The highest BCUT2D eigenvalue weighted by molar-refractivity contribution is 6.08. The normalized spacial score (nSPS) is 21.5. The standard InChI is InChI=1S/C16H18N2O4/c1-17-9-12(11-5-3-4-6-13(11)17)15(19)18-8-10(22-2)7-14(18)16(20)21/h3-6,9-10,14H,7-8H2,1-2H3,(H,20,21). The Morgan fingerprint density at radius 2 is 2.05 bits per heavy atom. The summed E-state index contributed by atoms with van der Waals surface area (Å²) in [6.45, 7) is 0.301. The number of aromatic nitrogens is 1. The quantitative estimate of drug-likeness (QED) is 0.932. The third kappa shape index (κ3) is 2.25. The number of aryl methyl sites for hydroxylation is 1. The monoisotopic (exact) mass is 302 g/mol. The molecule has 6 nitrogen and oxygen atoms in total. The van der Waals surface area contributed by atoms with Crippen LogP contribution >= 0.6 is 0 Å². The number of methoxy groups -OCH3 is 1. The number of carbonyl (C=O) groups is 2. The smallest absolute Gasteiger partial charge is 0.326 e. The summed E-state index contributed by atoms with van der Waals surface area (Å²) in [4.78, 5) is 25.7. The first-order chi connectivity index (χ1) is 10.5. The number of aliphatic carboxylic acids is 1. The van der Waals surface area contributed by atoms with Crippen LogP contribution in [0.3, 0.4) is 0 Å². The predicted octanol–water partition coefficient (Wildman–Crippen LogP) is 1.49. The van der Waals surface area contributed by atoms with Crippen molar-refractivity contribution in [3.8, 4) is 0 Å². The molecule has 116 valence electrons. The Morgan fingerprint density at radius 3 is 2.73 bits per heavy atom. The summed E-state index contributed by atoms with van der Waals surface area (Å²) in [7, 11) is 3.41. The fourth-order valence-electron chi connectivity index (χ4n) is 3.09. The van der Waals surface area contributed by atoms with Gasteiger partial charge < -0.3 is 19.3 Å². The molecule has 22 heavy (non-hydrogen) atoms. The molecule has 0 bridgehead atoms. The Kier molecular flexibility index (Phi) is 3.62. The van der Waals surface area contributed by atoms with E-state index >= 15 is 0 Å². The lowest BCUT2D eigenvalue weighted by molar-refractivity contribution is -0.141. The average molecular weight is 302 g/mol. The maximum atomic E-state index is 12.8. The first-order valence-electron chi connectivity index (χ1n) is 7.13. The van der Waals surface area contributed by atoms with Crippen LogP contribution in [0.1, 0.15) is 16.8 Å². The largest absolute Gasteiger partial charge is 0.480 e. The van der Waals surface area contributed by atoms with E-state index in [0.717, 1.165) is 10.9 Å². The molecule has 1 aromatic heterocycles. The van der Waals surface area contributed by atoms with Crippen LogP contribution in [0.2, 0.25) is 0 Å². The van der Waals surface area contributed by atoms with Crippen LogP contribution in [0, 0.1) is 0 Å². The van der Waals surface area contributed by atoms with Crippen LogP contribution in [-0.2, 0) is 16.6 Å². The van der Waals surface area contributed by atoms with Gasteiger partial charge in [0.05, 0.1) is 11.7 Å². The van der Waals surface area contributed by atoms with Gasteiger partial charge in [-0.25, -0.2) is 4.79 Å². The second kappa shape index (κ2) is 5.46. The molecule has 1 saturated heterocycles. The van der Waals surface area contributed by atoms with E-state index in [0.29, 0.717) is 18.5 Å². The lowest BCUT2D eigenvalue weighted by Crippen LogP contribution is -2.40. The fraction of sp³-hybridized carbons (Fsp3) is 0.375. The highest BCUT2D eigenvalue weighted by Crippen LogP contribution is 2.27. The van der Waals surface area contributed by atoms with Gasteiger partial charge in [0.25, 0.3) is 5.91 Å². The molecule has 0 aliphatic carbocycles. The predicted molar refractivity (Wildman–Crippen MR) is 80.8 cm³/mol. The van der Waals surface area contributed by atoms with Gasteiger partial charge >= 0.3 is 5.97 Å². The Morgan fingerprint density at radius 1 is 1.32 bits per heavy atom. The van der Waals surface area contributed by atoms with Gasteiger partial charge in [-0.3, -0.25) is 4.79 Å². The molecule has 1 N–H and O–H groups in total. The van der Waals surface area contributed by atoms with Gasteiger partial charge in [-0.05, 0) is 6.07 Å². The minimum absolute atomic E-state index is 0.236. The molecule has 0 saturated carbocycles. The molecule has 2 atom stereocenters. The van der Waals surface area contributed by atoms with Crippen molar-refractivity contribution in [2.45, 2.75) is 18.6 Å². The molecule has 2 aromatic rings. The van der Waals surface area contributed by atoms with Crippen molar-refractivity contribution in [2.75, 3.05) is 13.7 Å². The summed E-state index contributed by atoms with van der Waals surface area (Å²) in [5.41, 5.74) is 1.47. The van der Waals surface area contributed by atoms with Crippen molar-refractivity contribution in [2.24, 2.45) is 7.05 Å². The van der Waals surface area contributed by atoms with Crippen molar-refractivity contribution in [1.29, 1.82) is 0 Å². The van der Waals surface area contributed by atoms with E-state index in [-0.39, 0.29) is 12.0 Å². The molecular formula is C16H18N2O4. The molecule has 0 spiro atoms. The molecule has 2 heterocycles. The minimum atomic E-state index is -0.992. The fourth-order valence-corrected chi connectivity index (χ4v) is 3.09. The maximum Gasteiger partial charge on any atom is 0.326 e. The number of nitrogens with zero attached hydrogens (tertiary/aromatic N) is 2. The van der Waals surface area contributed by atoms with E-state index in [2.05, 4.69) is 0 Å². The summed E-state index contributed by atoms with van der Waals surface area (Å²) in [6, 6.07) is 6.75. The van der Waals surface area contributed by atoms with Crippen molar-refractivity contribution in [3.05, 3.63) is 36.0 Å². The highest BCUT2D eigenvalue weighted by Gasteiger charge is 2.40. The second-order valence-corrected chi connectivity index (χ2v) is 5.58. The molecule has 3 rings (SSSR count). The van der Waals surface area contributed by atoms with E-state index in [1.165, 1.54) is 12.0 Å². The number of ether oxygens (including phenoxy) is 1. The van der Waals surface area contributed by atoms with Gasteiger partial charge in [0, 0.05) is 44.2 Å². The third-order valence-electron chi connectivity index (χ3n) is 4.27. The Balaban J connectivity index is 2.00. The summed E-state index contributed by atoms with van der Waals surface area (Å²) in [5.74, 6) is -1.25. The summed E-state index contributed by atoms with van der Waals surface area (Å²) in [5, 5.41) is 10.2. The van der Waals surface area contributed by atoms with Crippen LogP contribution in [0.5, 0.6) is 0 Å². The highest BCUT2D eigenvalue weighted by atomic mass is 16.5. The van der Waals surface area contributed by atoms with Crippen molar-refractivity contribution in [1.82, 2.24) is 9.47 Å². The van der Waals surface area contributed by atoms with Crippen LogP contribution in [0.25, 0.3) is 10.9 Å². The molecule has 2 unspecified atom stereocenters. The van der Waals surface area contributed by atoms with E-state index in [1.807, 2.05) is 35.9 Å². The van der Waals surface area contributed by atoms with Gasteiger partial charge in [0.1, 0.15) is 6.04 Å². The van der Waals surface area contributed by atoms with Gasteiger partial charge in [-0.15, -0.1) is 0 Å². The molecule has 6 heteroatoms. The number of para-hydroxylation sites is 1. The first kappa shape index (κ1) is 14.6. The van der Waals surface area contributed by atoms with E-state index < -0.39 is 12.0 Å². The van der Waals surface area contributed by atoms with Crippen LogP contribution in [0.4, 0.5) is 0 Å². The van der Waals surface area contributed by atoms with Crippen LogP contribution in [0.15, 0.2) is 30.5 Å². The Bertz CT molecular complexity index is 737. The van der Waals surface area contributed by atoms with Crippen molar-refractivity contribution >= 4 is 22.8 Å². The zero-order valence-electron chi connectivity index (χ0n) is 12.5. The van der Waals surface area contributed by atoms with Crippen molar-refractivity contribution < 1.29 is 19.4 Å². The number of amides is 1. The number of hydrogen-bond acceptors (Lipinski definition) is 3. The first-order valence-corrected chi connectivity index (χ1v) is 7.13. The minimum Gasteiger partial charge on any atom is -0.480 e. The molecular weight excluding hydrogens is 284 g/mol. The van der Waals surface area contributed by atoms with Gasteiger partial charge in [-0.1, -0.05) is 18.2 Å². The number of likely N-dealkylation sites (tertiary alicyclic amines) is 1. The lowest BCUT2D eigenvalue weighted by atomic mass is 10.1. The number of fused-ring (bicyclic) bond motifs is 1. The van der Waals surface area contributed by atoms with Gasteiger partial charge in [-0.2, -0.15) is 0 Å². The SMILES string of the molecule is COC1CC(C(=O)O)N(C(=O)c2cn(C)c3ccccc23)C1. The van der Waals surface area contributed by atoms with Gasteiger partial charge in [0.2, 0.25) is 0 Å². The molecule has 1 aliphatic rings. The topological polar surface area (TPSA) is 71.8 Å². The number of carboxylic acids is 1. The third-order valence-corrected chi connectivity index (χ3v) is 4.27. The van der Waals surface area contributed by atoms with E-state index in [1.54, 1.807) is 6.20 Å². The Labute approximate surface area is 127 Å². The van der Waals surface area contributed by atoms with E-state index in [4.69, 9.17) is 4.74 Å². The number of carboxylic acid groups (broad SMARTS) is 1. The zero-order chi connectivity index (χ0) is 15.9.